The van der Waals surface area contributed by atoms with Crippen molar-refractivity contribution in [2.75, 3.05) is 19.8 Å². The highest BCUT2D eigenvalue weighted by molar-refractivity contribution is 5.93. The lowest BCUT2D eigenvalue weighted by Crippen LogP contribution is -2.69. The molecule has 4 aliphatic rings. The number of rotatable bonds is 16. The molecular weight excluding hydrogens is 637 g/mol. The summed E-state index contributed by atoms with van der Waals surface area (Å²) in [5.41, 5.74) is -0.398. The second-order valence-corrected chi connectivity index (χ2v) is 12.9. The highest BCUT2D eigenvalue weighted by Crippen LogP contribution is 2.58. The van der Waals surface area contributed by atoms with Crippen LogP contribution in [0.4, 0.5) is 13.2 Å². The first kappa shape index (κ1) is 36.2. The number of benzene rings is 1. The maximum atomic E-state index is 14.1. The van der Waals surface area contributed by atoms with Crippen LogP contribution >= 0.6 is 0 Å². The zero-order valence-electron chi connectivity index (χ0n) is 27.3. The third-order valence-electron chi connectivity index (χ3n) is 9.55. The average molecular weight is 683 g/mol. The van der Waals surface area contributed by atoms with Crippen LogP contribution < -0.4 is 5.32 Å². The Labute approximate surface area is 278 Å². The summed E-state index contributed by atoms with van der Waals surface area (Å²) in [6.07, 6.45) is 1.68. The molecule has 5 rings (SSSR count). The molecule has 0 spiro atoms. The van der Waals surface area contributed by atoms with E-state index in [9.17, 15) is 32.7 Å². The number of aliphatic hydroxyl groups is 1. The number of ether oxygens (including phenoxy) is 4. The van der Waals surface area contributed by atoms with Gasteiger partial charge in [-0.3, -0.25) is 14.4 Å². The highest BCUT2D eigenvalue weighted by Gasteiger charge is 2.76. The fourth-order valence-corrected chi connectivity index (χ4v) is 7.40. The van der Waals surface area contributed by atoms with Crippen molar-refractivity contribution < 1.29 is 56.4 Å². The SMILES string of the molecule is CCCCCC1(CCCCC)O[C@@H]2[C@H]3ON(Cc4ccccc4C=CC(=O)OCC(F)(F)F)[C@H]4C(=O)OC(CC34C(=O)NCCO)[C@@H]2O1. The fourth-order valence-electron chi connectivity index (χ4n) is 7.40. The second kappa shape index (κ2) is 15.2. The van der Waals surface area contributed by atoms with Gasteiger partial charge in [0.05, 0.1) is 13.2 Å². The molecule has 0 radical (unpaired) electrons. The van der Waals surface area contributed by atoms with Crippen LogP contribution in [0.2, 0.25) is 0 Å². The predicted molar refractivity (Wildman–Crippen MR) is 164 cm³/mol. The van der Waals surface area contributed by atoms with Crippen LogP contribution in [0.25, 0.3) is 6.08 Å². The molecule has 14 heteroatoms. The minimum atomic E-state index is -4.66. The first-order valence-electron chi connectivity index (χ1n) is 16.8. The summed E-state index contributed by atoms with van der Waals surface area (Å²) in [7, 11) is 0. The molecule has 2 unspecified atom stereocenters. The summed E-state index contributed by atoms with van der Waals surface area (Å²) in [4.78, 5) is 46.4. The number of alkyl halides is 3. The lowest BCUT2D eigenvalue weighted by Gasteiger charge is -2.48. The molecule has 1 saturated carbocycles. The zero-order chi connectivity index (χ0) is 34.5. The molecule has 3 aliphatic heterocycles. The molecule has 1 aromatic carbocycles. The van der Waals surface area contributed by atoms with Gasteiger partial charge < -0.3 is 29.4 Å². The Balaban J connectivity index is 1.45. The normalized spacial score (nSPS) is 29.1. The van der Waals surface area contributed by atoms with E-state index in [0.717, 1.165) is 44.6 Å². The van der Waals surface area contributed by atoms with E-state index < -0.39 is 72.3 Å². The molecule has 48 heavy (non-hydrogen) atoms. The van der Waals surface area contributed by atoms with Gasteiger partial charge in [-0.15, -0.1) is 0 Å². The number of amides is 1. The van der Waals surface area contributed by atoms with Crippen LogP contribution in [0.3, 0.4) is 0 Å². The van der Waals surface area contributed by atoms with E-state index in [0.29, 0.717) is 24.0 Å². The molecule has 2 bridgehead atoms. The lowest BCUT2D eigenvalue weighted by atomic mass is 9.62. The Bertz CT molecular complexity index is 1330. The van der Waals surface area contributed by atoms with Crippen LogP contribution in [0.15, 0.2) is 30.3 Å². The van der Waals surface area contributed by atoms with Crippen LogP contribution in [-0.2, 0) is 44.7 Å². The van der Waals surface area contributed by atoms with Gasteiger partial charge in [-0.05, 0) is 30.0 Å². The van der Waals surface area contributed by atoms with Gasteiger partial charge in [-0.2, -0.15) is 18.2 Å². The number of nitrogens with one attached hydrogen (secondary N) is 1. The Kier molecular flexibility index (Phi) is 11.5. The highest BCUT2D eigenvalue weighted by atomic mass is 19.4. The monoisotopic (exact) mass is 682 g/mol. The van der Waals surface area contributed by atoms with Gasteiger partial charge in [-0.1, -0.05) is 63.8 Å². The van der Waals surface area contributed by atoms with E-state index in [1.165, 1.54) is 11.1 Å². The standard InChI is InChI=1S/C34H45F3N2O9/c1-3-5-9-15-32(16-10-6-4-2)46-26-24-19-33(31(43)38-17-18-40)28(30(42)45-24)39(48-29(33)27(26)47-32)20-23-12-8-7-11-22(23)13-14-25(41)44-21-34(35,36)37/h7-8,11-14,24,26-29,40H,3-6,9-10,15-21H2,1-2H3,(H,38,43)/t24?,26-,27-,28-,29+,33?/m0/s1. The number of hydroxylamine groups is 2. The van der Waals surface area contributed by atoms with Gasteiger partial charge in [0.2, 0.25) is 5.91 Å². The number of halogens is 3. The summed E-state index contributed by atoms with van der Waals surface area (Å²) in [6, 6.07) is 5.60. The second-order valence-electron chi connectivity index (χ2n) is 12.9. The topological polar surface area (TPSA) is 133 Å². The number of nitrogens with zero attached hydrogens (tertiary/aromatic N) is 1. The Morgan fingerprint density at radius 2 is 1.77 bits per heavy atom. The molecule has 1 aromatic rings. The van der Waals surface area contributed by atoms with Crippen molar-refractivity contribution >= 4 is 23.9 Å². The van der Waals surface area contributed by atoms with Crippen molar-refractivity contribution in [3.05, 3.63) is 41.5 Å². The Morgan fingerprint density at radius 1 is 1.08 bits per heavy atom. The molecule has 0 aromatic heterocycles. The third-order valence-corrected chi connectivity index (χ3v) is 9.55. The van der Waals surface area contributed by atoms with Gasteiger partial charge in [0.1, 0.15) is 29.8 Å². The molecule has 3 saturated heterocycles. The van der Waals surface area contributed by atoms with Crippen molar-refractivity contribution in [3.63, 3.8) is 0 Å². The molecule has 11 nitrogen and oxygen atoms in total. The molecule has 4 fully saturated rings. The summed E-state index contributed by atoms with van der Waals surface area (Å²) in [5, 5.41) is 13.7. The van der Waals surface area contributed by atoms with Crippen LogP contribution in [0, 0.1) is 5.41 Å². The number of unbranched alkanes of at least 4 members (excludes halogenated alkanes) is 4. The Hall–Kier alpha value is -3.04. The van der Waals surface area contributed by atoms with Crippen LogP contribution in [0.5, 0.6) is 0 Å². The largest absolute Gasteiger partial charge is 0.458 e. The van der Waals surface area contributed by atoms with Crippen molar-refractivity contribution in [2.24, 2.45) is 5.41 Å². The predicted octanol–water partition coefficient (Wildman–Crippen LogP) is 4.35. The summed E-state index contributed by atoms with van der Waals surface area (Å²) >= 11 is 0. The first-order chi connectivity index (χ1) is 23.0. The summed E-state index contributed by atoms with van der Waals surface area (Å²) < 4.78 is 61.3. The number of esters is 2. The van der Waals surface area contributed by atoms with Crippen LogP contribution in [0.1, 0.15) is 82.8 Å². The number of hydrogen-bond acceptors (Lipinski definition) is 10. The third kappa shape index (κ3) is 7.57. The van der Waals surface area contributed by atoms with E-state index in [1.807, 2.05) is 0 Å². The van der Waals surface area contributed by atoms with Gasteiger partial charge in [-0.25, -0.2) is 4.79 Å². The smallest absolute Gasteiger partial charge is 0.422 e. The van der Waals surface area contributed by atoms with E-state index in [1.54, 1.807) is 24.3 Å². The van der Waals surface area contributed by atoms with Crippen LogP contribution in [-0.4, -0.2) is 90.2 Å². The molecule has 1 amide bonds. The van der Waals surface area contributed by atoms with Crippen molar-refractivity contribution in [3.8, 4) is 0 Å². The minimum Gasteiger partial charge on any atom is -0.458 e. The first-order valence-corrected chi connectivity index (χ1v) is 16.8. The average Bonchev–Trinajstić information content (AvgIpc) is 3.60. The van der Waals surface area contributed by atoms with Crippen molar-refractivity contribution in [1.82, 2.24) is 10.4 Å². The molecule has 1 aliphatic carbocycles. The summed E-state index contributed by atoms with van der Waals surface area (Å²) in [6.45, 7) is 2.16. The minimum absolute atomic E-state index is 0.0266. The van der Waals surface area contributed by atoms with Crippen molar-refractivity contribution in [2.45, 2.75) is 121 Å². The fraction of sp³-hybridized carbons (Fsp3) is 0.676. The van der Waals surface area contributed by atoms with Crippen molar-refractivity contribution in [1.29, 1.82) is 0 Å². The molecule has 2 N–H and O–H groups in total. The van der Waals surface area contributed by atoms with Gasteiger partial charge >= 0.3 is 18.1 Å². The van der Waals surface area contributed by atoms with E-state index in [2.05, 4.69) is 23.9 Å². The lowest BCUT2D eigenvalue weighted by molar-refractivity contribution is -0.224. The van der Waals surface area contributed by atoms with E-state index in [-0.39, 0.29) is 26.1 Å². The molecule has 3 heterocycles. The molecule has 266 valence electrons. The van der Waals surface area contributed by atoms with Gasteiger partial charge in [0, 0.05) is 31.9 Å². The number of carbonyl (C=O) groups excluding carboxylic acids is 3. The maximum absolute atomic E-state index is 14.1. The van der Waals surface area contributed by atoms with E-state index in [4.69, 9.17) is 19.0 Å². The number of fused-ring (bicyclic) bond motifs is 4. The number of hydrogen-bond donors (Lipinski definition) is 2. The van der Waals surface area contributed by atoms with Gasteiger partial charge in [0.25, 0.3) is 0 Å². The number of carbonyl (C=O) groups is 3. The van der Waals surface area contributed by atoms with Gasteiger partial charge in [0.15, 0.2) is 18.4 Å². The molecular formula is C34H45F3N2O9. The Morgan fingerprint density at radius 3 is 2.44 bits per heavy atom. The zero-order valence-corrected chi connectivity index (χ0v) is 27.3. The number of aliphatic hydroxyl groups excluding tert-OH is 1. The molecule has 6 atom stereocenters. The van der Waals surface area contributed by atoms with E-state index >= 15 is 0 Å². The summed E-state index contributed by atoms with van der Waals surface area (Å²) in [5.74, 6) is -3.21. The maximum Gasteiger partial charge on any atom is 0.422 e. The quantitative estimate of drug-likeness (QED) is 0.147.